The second-order valence-corrected chi connectivity index (χ2v) is 2.97. The smallest absolute Gasteiger partial charge is 0.148 e. The number of Topliss-reactive ketones (excluding diaryl/α,β-unsaturated/α-hetero) is 1. The van der Waals surface area contributed by atoms with E-state index in [0.717, 1.165) is 6.54 Å². The highest BCUT2D eigenvalue weighted by molar-refractivity contribution is 5.81. The molecule has 0 bridgehead atoms. The molecule has 0 aromatic heterocycles. The maximum atomic E-state index is 10.4. The fraction of sp³-hybridized carbons (Fsp3) is 0.909. The van der Waals surface area contributed by atoms with Crippen molar-refractivity contribution < 1.29 is 4.79 Å². The van der Waals surface area contributed by atoms with Crippen LogP contribution < -0.4 is 11.5 Å². The predicted molar refractivity (Wildman–Crippen MR) is 64.2 cm³/mol. The second-order valence-electron chi connectivity index (χ2n) is 2.97. The first-order valence-corrected chi connectivity index (χ1v) is 5.52. The van der Waals surface area contributed by atoms with Crippen LogP contribution in [0.1, 0.15) is 47.5 Å². The third kappa shape index (κ3) is 22.6. The summed E-state index contributed by atoms with van der Waals surface area (Å²) in [6.45, 7) is 10.8. The molecular weight excluding hydrogens is 176 g/mol. The van der Waals surface area contributed by atoms with Crippen molar-refractivity contribution in [3.05, 3.63) is 0 Å². The minimum atomic E-state index is 0.102. The molecule has 0 amide bonds. The SMILES string of the molecule is CC.CC(C)C(=O)CN.CCCCN. The monoisotopic (exact) mass is 204 g/mol. The molecule has 88 valence electrons. The molecule has 3 nitrogen and oxygen atoms in total. The highest BCUT2D eigenvalue weighted by Gasteiger charge is 2.01. The van der Waals surface area contributed by atoms with Crippen molar-refractivity contribution in [3.8, 4) is 0 Å². The van der Waals surface area contributed by atoms with E-state index in [-0.39, 0.29) is 18.2 Å². The van der Waals surface area contributed by atoms with Crippen molar-refractivity contribution in [2.75, 3.05) is 13.1 Å². The Balaban J connectivity index is -0.000000152. The number of nitrogens with two attached hydrogens (primary N) is 2. The lowest BCUT2D eigenvalue weighted by molar-refractivity contribution is -0.120. The lowest BCUT2D eigenvalue weighted by Crippen LogP contribution is -2.18. The fourth-order valence-corrected chi connectivity index (χ4v) is 0.440. The molecule has 0 aliphatic carbocycles. The van der Waals surface area contributed by atoms with E-state index in [9.17, 15) is 4.79 Å². The van der Waals surface area contributed by atoms with Gasteiger partial charge in [0.2, 0.25) is 0 Å². The highest BCUT2D eigenvalue weighted by atomic mass is 16.1. The van der Waals surface area contributed by atoms with Gasteiger partial charge in [0.25, 0.3) is 0 Å². The minimum Gasteiger partial charge on any atom is -0.330 e. The normalized spacial score (nSPS) is 8.29. The average molecular weight is 204 g/mol. The van der Waals surface area contributed by atoms with E-state index in [1.165, 1.54) is 12.8 Å². The van der Waals surface area contributed by atoms with Gasteiger partial charge in [-0.25, -0.2) is 0 Å². The second kappa shape index (κ2) is 18.4. The van der Waals surface area contributed by atoms with Crippen LogP contribution in [0.15, 0.2) is 0 Å². The summed E-state index contributed by atoms with van der Waals surface area (Å²) >= 11 is 0. The number of ketones is 1. The number of unbranched alkanes of at least 4 members (excludes halogenated alkanes) is 1. The maximum absolute atomic E-state index is 10.4. The summed E-state index contributed by atoms with van der Waals surface area (Å²) in [5.74, 6) is 0.227. The largest absolute Gasteiger partial charge is 0.330 e. The van der Waals surface area contributed by atoms with Gasteiger partial charge in [0.05, 0.1) is 6.54 Å². The molecule has 3 heteroatoms. The van der Waals surface area contributed by atoms with Gasteiger partial charge < -0.3 is 11.5 Å². The number of carbonyl (C=O) groups is 1. The third-order valence-electron chi connectivity index (χ3n) is 1.40. The Kier molecular flexibility index (Phi) is 25.2. The number of hydrogen-bond donors (Lipinski definition) is 2. The Bertz CT molecular complexity index is 101. The first-order valence-electron chi connectivity index (χ1n) is 5.52. The van der Waals surface area contributed by atoms with Crippen LogP contribution in [0.5, 0.6) is 0 Å². The molecule has 0 aromatic carbocycles. The molecule has 0 radical (unpaired) electrons. The van der Waals surface area contributed by atoms with Crippen molar-refractivity contribution in [3.63, 3.8) is 0 Å². The lowest BCUT2D eigenvalue weighted by Gasteiger charge is -1.96. The van der Waals surface area contributed by atoms with E-state index in [1.54, 1.807) is 0 Å². The van der Waals surface area contributed by atoms with Crippen molar-refractivity contribution in [2.24, 2.45) is 17.4 Å². The van der Waals surface area contributed by atoms with Gasteiger partial charge in [-0.2, -0.15) is 0 Å². The van der Waals surface area contributed by atoms with E-state index in [2.05, 4.69) is 6.92 Å². The van der Waals surface area contributed by atoms with Crippen molar-refractivity contribution in [1.82, 2.24) is 0 Å². The van der Waals surface area contributed by atoms with Crippen LogP contribution in [0.25, 0.3) is 0 Å². The van der Waals surface area contributed by atoms with E-state index in [4.69, 9.17) is 11.5 Å². The number of hydrogen-bond acceptors (Lipinski definition) is 3. The fourth-order valence-electron chi connectivity index (χ4n) is 0.440. The van der Waals surface area contributed by atoms with Gasteiger partial charge in [0, 0.05) is 5.92 Å². The van der Waals surface area contributed by atoms with E-state index < -0.39 is 0 Å². The summed E-state index contributed by atoms with van der Waals surface area (Å²) < 4.78 is 0. The quantitative estimate of drug-likeness (QED) is 0.735. The molecule has 0 fully saturated rings. The van der Waals surface area contributed by atoms with Crippen LogP contribution in [0.3, 0.4) is 0 Å². The zero-order valence-electron chi connectivity index (χ0n) is 10.5. The molecule has 0 aliphatic heterocycles. The highest BCUT2D eigenvalue weighted by Crippen LogP contribution is 1.89. The Labute approximate surface area is 89.2 Å². The topological polar surface area (TPSA) is 69.1 Å². The Morgan fingerprint density at radius 2 is 1.64 bits per heavy atom. The Morgan fingerprint density at radius 3 is 1.64 bits per heavy atom. The van der Waals surface area contributed by atoms with E-state index in [1.807, 2.05) is 27.7 Å². The Morgan fingerprint density at radius 1 is 1.21 bits per heavy atom. The molecule has 0 saturated carbocycles. The minimum absolute atomic E-state index is 0.102. The summed E-state index contributed by atoms with van der Waals surface area (Å²) in [6, 6.07) is 0. The van der Waals surface area contributed by atoms with Crippen molar-refractivity contribution in [1.29, 1.82) is 0 Å². The zero-order valence-corrected chi connectivity index (χ0v) is 10.5. The van der Waals surface area contributed by atoms with Crippen LogP contribution in [0.2, 0.25) is 0 Å². The first kappa shape index (κ1) is 19.2. The van der Waals surface area contributed by atoms with Crippen LogP contribution in [0.4, 0.5) is 0 Å². The lowest BCUT2D eigenvalue weighted by atomic mass is 10.1. The molecule has 4 N–H and O–H groups in total. The van der Waals surface area contributed by atoms with Gasteiger partial charge in [-0.3, -0.25) is 4.79 Å². The molecule has 0 spiro atoms. The van der Waals surface area contributed by atoms with Crippen molar-refractivity contribution >= 4 is 5.78 Å². The number of rotatable bonds is 4. The van der Waals surface area contributed by atoms with Gasteiger partial charge in [-0.05, 0) is 13.0 Å². The summed E-state index contributed by atoms with van der Waals surface area (Å²) in [5, 5.41) is 0. The summed E-state index contributed by atoms with van der Waals surface area (Å²) in [5.41, 5.74) is 10.2. The summed E-state index contributed by atoms with van der Waals surface area (Å²) in [4.78, 5) is 10.4. The molecule has 0 rings (SSSR count). The average Bonchev–Trinajstić information content (AvgIpc) is 2.21. The van der Waals surface area contributed by atoms with Crippen LogP contribution >= 0.6 is 0 Å². The first-order chi connectivity index (χ1) is 6.59. The summed E-state index contributed by atoms with van der Waals surface area (Å²) in [7, 11) is 0. The molecule has 0 saturated heterocycles. The van der Waals surface area contributed by atoms with Crippen LogP contribution in [0, 0.1) is 5.92 Å². The molecule has 14 heavy (non-hydrogen) atoms. The van der Waals surface area contributed by atoms with E-state index >= 15 is 0 Å². The van der Waals surface area contributed by atoms with Crippen LogP contribution in [-0.2, 0) is 4.79 Å². The summed E-state index contributed by atoms with van der Waals surface area (Å²) in [6.07, 6.45) is 2.39. The number of carbonyl (C=O) groups excluding carboxylic acids is 1. The predicted octanol–water partition coefficient (Wildman–Crippen LogP) is 1.94. The molecule has 0 atom stereocenters. The molecule has 0 aromatic rings. The van der Waals surface area contributed by atoms with Gasteiger partial charge in [-0.15, -0.1) is 0 Å². The van der Waals surface area contributed by atoms with Crippen LogP contribution in [-0.4, -0.2) is 18.9 Å². The van der Waals surface area contributed by atoms with Gasteiger partial charge in [-0.1, -0.05) is 41.0 Å². The zero-order chi connectivity index (χ0) is 12.0. The van der Waals surface area contributed by atoms with Crippen molar-refractivity contribution in [2.45, 2.75) is 47.5 Å². The Hall–Kier alpha value is -0.410. The van der Waals surface area contributed by atoms with Gasteiger partial charge >= 0.3 is 0 Å². The third-order valence-corrected chi connectivity index (χ3v) is 1.40. The molecular formula is C11H28N2O. The molecule has 0 heterocycles. The molecule has 0 aliphatic rings. The maximum Gasteiger partial charge on any atom is 0.148 e. The van der Waals surface area contributed by atoms with E-state index in [0.29, 0.717) is 0 Å². The standard InChI is InChI=1S/C5H11NO.C4H11N.C2H6/c1-4(2)5(7)3-6;1-2-3-4-5;1-2/h4H,3,6H2,1-2H3;2-5H2,1H3;1-2H3. The molecule has 0 unspecified atom stereocenters. The van der Waals surface area contributed by atoms with Gasteiger partial charge in [0.1, 0.15) is 5.78 Å². The van der Waals surface area contributed by atoms with Gasteiger partial charge in [0.15, 0.2) is 0 Å².